The summed E-state index contributed by atoms with van der Waals surface area (Å²) < 4.78 is 20.8. The van der Waals surface area contributed by atoms with Gasteiger partial charge in [-0.2, -0.15) is 0 Å². The number of hydrogen-bond acceptors (Lipinski definition) is 4. The predicted octanol–water partition coefficient (Wildman–Crippen LogP) is 2.66. The van der Waals surface area contributed by atoms with E-state index in [9.17, 15) is 18.8 Å². The molecule has 2 fully saturated rings. The number of likely N-dealkylation sites (tertiary alicyclic amines) is 1. The Bertz CT molecular complexity index is 1300. The van der Waals surface area contributed by atoms with Crippen LogP contribution in [0.3, 0.4) is 0 Å². The van der Waals surface area contributed by atoms with Gasteiger partial charge >= 0.3 is 12.1 Å². The van der Waals surface area contributed by atoms with Crippen LogP contribution in [0.2, 0.25) is 5.02 Å². The van der Waals surface area contributed by atoms with E-state index in [-0.39, 0.29) is 29.8 Å². The number of hydrogen-bond donors (Lipinski definition) is 3. The molecule has 2 aliphatic rings. The first-order valence-corrected chi connectivity index (χ1v) is 10.6. The van der Waals surface area contributed by atoms with Crippen molar-refractivity contribution in [3.8, 4) is 0 Å². The average molecular weight is 472 g/mol. The van der Waals surface area contributed by atoms with Gasteiger partial charge in [0.2, 0.25) is 5.91 Å². The van der Waals surface area contributed by atoms with Crippen LogP contribution in [0.4, 0.5) is 19.7 Å². The van der Waals surface area contributed by atoms with E-state index >= 15 is 0 Å². The number of anilines is 1. The fourth-order valence-corrected chi connectivity index (χ4v) is 4.38. The van der Waals surface area contributed by atoms with E-state index in [2.05, 4.69) is 10.6 Å². The normalized spacial score (nSPS) is 21.0. The number of benzene rings is 2. The number of aromatic nitrogens is 1. The molecule has 0 spiro atoms. The second-order valence-corrected chi connectivity index (χ2v) is 8.27. The molecule has 3 atom stereocenters. The second kappa shape index (κ2) is 8.05. The third-order valence-corrected chi connectivity index (χ3v) is 6.14. The minimum atomic E-state index is -0.873. The van der Waals surface area contributed by atoms with Gasteiger partial charge in [0.05, 0.1) is 22.8 Å². The number of rotatable bonds is 4. The van der Waals surface area contributed by atoms with E-state index in [0.717, 1.165) is 0 Å². The van der Waals surface area contributed by atoms with Crippen molar-refractivity contribution in [2.24, 2.45) is 5.73 Å². The number of carbonyl (C=O) groups excluding carboxylic acids is 3. The van der Waals surface area contributed by atoms with Crippen LogP contribution in [0.1, 0.15) is 5.56 Å². The molecule has 0 bridgehead atoms. The fraction of sp³-hybridized carbons (Fsp3) is 0.227. The van der Waals surface area contributed by atoms with Gasteiger partial charge in [-0.05, 0) is 12.1 Å². The number of primary amides is 1. The summed E-state index contributed by atoms with van der Waals surface area (Å²) >= 11 is 5.79. The SMILES string of the molecule is NC(=O)n1cc(NC(=O)N2CC3O[C@@H]3[C@H]2C(=O)NCc2cccc(Cl)c2F)c2ccccc21. The van der Waals surface area contributed by atoms with Crippen molar-refractivity contribution in [1.29, 1.82) is 0 Å². The first-order valence-electron chi connectivity index (χ1n) is 10.2. The Morgan fingerprint density at radius 1 is 1.18 bits per heavy atom. The molecular formula is C22H19ClFN5O4. The zero-order valence-corrected chi connectivity index (χ0v) is 17.9. The molecule has 2 saturated heterocycles. The number of carbonyl (C=O) groups is 3. The highest BCUT2D eigenvalue weighted by molar-refractivity contribution is 6.30. The van der Waals surface area contributed by atoms with Crippen LogP contribution in [-0.2, 0) is 16.1 Å². The molecular weight excluding hydrogens is 453 g/mol. The molecule has 4 amide bonds. The summed E-state index contributed by atoms with van der Waals surface area (Å²) in [6.07, 6.45) is 0.781. The van der Waals surface area contributed by atoms with E-state index < -0.39 is 35.9 Å². The Labute approximate surface area is 192 Å². The quantitative estimate of drug-likeness (QED) is 0.506. The molecule has 33 heavy (non-hydrogen) atoms. The maximum atomic E-state index is 14.1. The van der Waals surface area contributed by atoms with Gasteiger partial charge in [0.25, 0.3) is 0 Å². The summed E-state index contributed by atoms with van der Waals surface area (Å²) in [6.45, 7) is 0.148. The number of epoxide rings is 1. The highest BCUT2D eigenvalue weighted by Crippen LogP contribution is 2.37. The Hall–Kier alpha value is -3.63. The van der Waals surface area contributed by atoms with Gasteiger partial charge in [-0.1, -0.05) is 41.9 Å². The average Bonchev–Trinajstić information content (AvgIpc) is 3.30. The van der Waals surface area contributed by atoms with Gasteiger partial charge in [-0.15, -0.1) is 0 Å². The maximum absolute atomic E-state index is 14.1. The summed E-state index contributed by atoms with van der Waals surface area (Å²) in [5.41, 5.74) is 6.60. The molecule has 1 aromatic heterocycles. The monoisotopic (exact) mass is 471 g/mol. The molecule has 1 unspecified atom stereocenters. The maximum Gasteiger partial charge on any atom is 0.323 e. The standard InChI is InChI=1S/C22H19ClFN5O4/c23-13-6-3-4-11(17(13)24)8-26-20(30)18-19-16(33-19)10-29(18)22(32)27-14-9-28(21(25)31)15-7-2-1-5-12(14)15/h1-7,9,16,18-19H,8,10H2,(H2,25,31)(H,26,30)(H,27,32)/t16?,18-,19-/m0/s1. The van der Waals surface area contributed by atoms with Crippen molar-refractivity contribution in [2.75, 3.05) is 11.9 Å². The van der Waals surface area contributed by atoms with Gasteiger partial charge in [0.15, 0.2) is 0 Å². The first kappa shape index (κ1) is 21.2. The number of para-hydroxylation sites is 1. The molecule has 3 aromatic rings. The molecule has 170 valence electrons. The van der Waals surface area contributed by atoms with Gasteiger partial charge in [-0.3, -0.25) is 9.36 Å². The van der Waals surface area contributed by atoms with Crippen LogP contribution in [-0.4, -0.2) is 52.2 Å². The number of nitrogens with one attached hydrogen (secondary N) is 2. The number of halogens is 2. The van der Waals surface area contributed by atoms with Gasteiger partial charge in [-0.25, -0.2) is 14.0 Å². The number of amides is 4. The number of morpholine rings is 1. The summed E-state index contributed by atoms with van der Waals surface area (Å²) in [4.78, 5) is 39.1. The minimum Gasteiger partial charge on any atom is -0.365 e. The number of nitrogens with zero attached hydrogens (tertiary/aromatic N) is 2. The van der Waals surface area contributed by atoms with Gasteiger partial charge in [0, 0.05) is 23.7 Å². The molecule has 5 rings (SSSR count). The number of ether oxygens (including phenoxy) is 1. The highest BCUT2D eigenvalue weighted by atomic mass is 35.5. The molecule has 4 N–H and O–H groups in total. The smallest absolute Gasteiger partial charge is 0.323 e. The third kappa shape index (κ3) is 3.77. The van der Waals surface area contributed by atoms with E-state index in [4.69, 9.17) is 22.1 Å². The van der Waals surface area contributed by atoms with Gasteiger partial charge in [0.1, 0.15) is 24.1 Å². The predicted molar refractivity (Wildman–Crippen MR) is 118 cm³/mol. The van der Waals surface area contributed by atoms with Crippen molar-refractivity contribution in [2.45, 2.75) is 24.8 Å². The van der Waals surface area contributed by atoms with Gasteiger partial charge < -0.3 is 26.0 Å². The van der Waals surface area contributed by atoms with Crippen LogP contribution in [0.5, 0.6) is 0 Å². The fourth-order valence-electron chi connectivity index (χ4n) is 4.19. The molecule has 9 nitrogen and oxygen atoms in total. The lowest BCUT2D eigenvalue weighted by Gasteiger charge is -2.26. The molecule has 0 aliphatic carbocycles. The summed E-state index contributed by atoms with van der Waals surface area (Å²) in [6, 6.07) is 9.43. The van der Waals surface area contributed by atoms with Crippen molar-refractivity contribution >= 4 is 46.2 Å². The largest absolute Gasteiger partial charge is 0.365 e. The van der Waals surface area contributed by atoms with Crippen LogP contribution in [0.15, 0.2) is 48.7 Å². The number of nitrogens with two attached hydrogens (primary N) is 1. The van der Waals surface area contributed by atoms with Crippen LogP contribution in [0, 0.1) is 5.82 Å². The van der Waals surface area contributed by atoms with E-state index in [1.807, 2.05) is 0 Å². The summed E-state index contributed by atoms with van der Waals surface area (Å²) in [5, 5.41) is 6.01. The van der Waals surface area contributed by atoms with Crippen molar-refractivity contribution in [3.05, 3.63) is 65.1 Å². The van der Waals surface area contributed by atoms with Crippen molar-refractivity contribution in [3.63, 3.8) is 0 Å². The lowest BCUT2D eigenvalue weighted by atomic mass is 10.1. The second-order valence-electron chi connectivity index (χ2n) is 7.87. The Balaban J connectivity index is 1.32. The lowest BCUT2D eigenvalue weighted by Crippen LogP contribution is -2.50. The molecule has 0 radical (unpaired) electrons. The van der Waals surface area contributed by atoms with Crippen molar-refractivity contribution in [1.82, 2.24) is 14.8 Å². The van der Waals surface area contributed by atoms with Crippen LogP contribution < -0.4 is 16.4 Å². The zero-order valence-electron chi connectivity index (χ0n) is 17.1. The first-order chi connectivity index (χ1) is 15.8. The molecule has 11 heteroatoms. The third-order valence-electron chi connectivity index (χ3n) is 5.85. The zero-order chi connectivity index (χ0) is 23.3. The Morgan fingerprint density at radius 3 is 2.76 bits per heavy atom. The molecule has 2 aliphatic heterocycles. The molecule has 3 heterocycles. The van der Waals surface area contributed by atoms with Crippen LogP contribution in [0.25, 0.3) is 10.9 Å². The highest BCUT2D eigenvalue weighted by Gasteiger charge is 2.59. The Kier molecular flexibility index (Phi) is 5.18. The van der Waals surface area contributed by atoms with Crippen molar-refractivity contribution < 1.29 is 23.5 Å². The number of urea groups is 1. The van der Waals surface area contributed by atoms with Crippen LogP contribution >= 0.6 is 11.6 Å². The number of fused-ring (bicyclic) bond motifs is 2. The summed E-state index contributed by atoms with van der Waals surface area (Å²) in [5.74, 6) is -1.07. The minimum absolute atomic E-state index is 0.0377. The Morgan fingerprint density at radius 2 is 1.97 bits per heavy atom. The van der Waals surface area contributed by atoms with E-state index in [0.29, 0.717) is 16.6 Å². The topological polar surface area (TPSA) is 122 Å². The lowest BCUT2D eigenvalue weighted by molar-refractivity contribution is -0.126. The molecule has 0 saturated carbocycles. The molecule has 2 aromatic carbocycles. The van der Waals surface area contributed by atoms with E-state index in [1.54, 1.807) is 30.3 Å². The summed E-state index contributed by atoms with van der Waals surface area (Å²) in [7, 11) is 0. The van der Waals surface area contributed by atoms with E-state index in [1.165, 1.54) is 27.8 Å².